The SMILES string of the molecule is NC(CC(=O)NCC1CCN(c2ccc(F)cc2)C1)c1ccccc1. The van der Waals surface area contributed by atoms with Crippen LogP contribution in [0.2, 0.25) is 0 Å². The molecular formula is C20H24FN3O. The first-order valence-corrected chi connectivity index (χ1v) is 8.69. The number of nitrogens with two attached hydrogens (primary N) is 1. The van der Waals surface area contributed by atoms with E-state index < -0.39 is 0 Å². The van der Waals surface area contributed by atoms with Gasteiger partial charge in [0.2, 0.25) is 5.91 Å². The molecule has 0 aliphatic carbocycles. The molecule has 3 N–H and O–H groups in total. The lowest BCUT2D eigenvalue weighted by Gasteiger charge is -2.19. The third-order valence-electron chi connectivity index (χ3n) is 4.70. The van der Waals surface area contributed by atoms with Crippen molar-refractivity contribution in [3.05, 3.63) is 66.0 Å². The average Bonchev–Trinajstić information content (AvgIpc) is 3.10. The Bertz CT molecular complexity index is 690. The van der Waals surface area contributed by atoms with Crippen LogP contribution in [-0.4, -0.2) is 25.5 Å². The fraction of sp³-hybridized carbons (Fsp3) is 0.350. The molecule has 3 rings (SSSR count). The van der Waals surface area contributed by atoms with Crippen molar-refractivity contribution in [3.8, 4) is 0 Å². The second kappa shape index (κ2) is 8.12. The fourth-order valence-electron chi connectivity index (χ4n) is 3.23. The van der Waals surface area contributed by atoms with E-state index in [-0.39, 0.29) is 17.8 Å². The van der Waals surface area contributed by atoms with Gasteiger partial charge in [-0.1, -0.05) is 30.3 Å². The van der Waals surface area contributed by atoms with Crippen molar-refractivity contribution in [1.82, 2.24) is 5.32 Å². The van der Waals surface area contributed by atoms with Crippen LogP contribution < -0.4 is 16.0 Å². The second-order valence-corrected chi connectivity index (χ2v) is 6.60. The van der Waals surface area contributed by atoms with Crippen molar-refractivity contribution in [2.24, 2.45) is 11.7 Å². The van der Waals surface area contributed by atoms with Crippen molar-refractivity contribution in [2.75, 3.05) is 24.5 Å². The Kier molecular flexibility index (Phi) is 5.66. The summed E-state index contributed by atoms with van der Waals surface area (Å²) in [5.41, 5.74) is 8.09. The lowest BCUT2D eigenvalue weighted by atomic mass is 10.0. The molecule has 2 atom stereocenters. The summed E-state index contributed by atoms with van der Waals surface area (Å²) in [6, 6.07) is 16.0. The summed E-state index contributed by atoms with van der Waals surface area (Å²) in [4.78, 5) is 14.4. The van der Waals surface area contributed by atoms with Gasteiger partial charge >= 0.3 is 0 Å². The van der Waals surface area contributed by atoms with Gasteiger partial charge in [0.25, 0.3) is 0 Å². The molecule has 0 spiro atoms. The van der Waals surface area contributed by atoms with Crippen LogP contribution in [0.4, 0.5) is 10.1 Å². The van der Waals surface area contributed by atoms with E-state index in [1.54, 1.807) is 12.1 Å². The monoisotopic (exact) mass is 341 g/mol. The molecule has 2 aromatic rings. The predicted molar refractivity (Wildman–Crippen MR) is 97.7 cm³/mol. The molecule has 1 aliphatic heterocycles. The highest BCUT2D eigenvalue weighted by molar-refractivity contribution is 5.76. The summed E-state index contributed by atoms with van der Waals surface area (Å²) in [5.74, 6) is 0.167. The first kappa shape index (κ1) is 17.4. The molecular weight excluding hydrogens is 317 g/mol. The van der Waals surface area contributed by atoms with Crippen LogP contribution in [-0.2, 0) is 4.79 Å². The topological polar surface area (TPSA) is 58.4 Å². The molecule has 1 saturated heterocycles. The fourth-order valence-corrected chi connectivity index (χ4v) is 3.23. The van der Waals surface area contributed by atoms with Crippen molar-refractivity contribution >= 4 is 11.6 Å². The van der Waals surface area contributed by atoms with Gasteiger partial charge in [-0.3, -0.25) is 4.79 Å². The summed E-state index contributed by atoms with van der Waals surface area (Å²) in [5, 5.41) is 3.00. The molecule has 0 radical (unpaired) electrons. The van der Waals surface area contributed by atoms with Crippen LogP contribution in [0.25, 0.3) is 0 Å². The zero-order valence-corrected chi connectivity index (χ0v) is 14.2. The Morgan fingerprint density at radius 3 is 2.64 bits per heavy atom. The maximum absolute atomic E-state index is 13.0. The largest absolute Gasteiger partial charge is 0.371 e. The molecule has 1 amide bonds. The third kappa shape index (κ3) is 4.79. The smallest absolute Gasteiger partial charge is 0.221 e. The van der Waals surface area contributed by atoms with E-state index in [1.807, 2.05) is 30.3 Å². The third-order valence-corrected chi connectivity index (χ3v) is 4.70. The van der Waals surface area contributed by atoms with Gasteiger partial charge in [-0.05, 0) is 42.2 Å². The van der Waals surface area contributed by atoms with Gasteiger partial charge in [0.1, 0.15) is 5.82 Å². The number of nitrogens with one attached hydrogen (secondary N) is 1. The van der Waals surface area contributed by atoms with E-state index in [0.717, 1.165) is 30.8 Å². The number of carbonyl (C=O) groups excluding carboxylic acids is 1. The van der Waals surface area contributed by atoms with Crippen LogP contribution in [0, 0.1) is 11.7 Å². The van der Waals surface area contributed by atoms with Crippen LogP contribution in [0.5, 0.6) is 0 Å². The van der Waals surface area contributed by atoms with E-state index in [9.17, 15) is 9.18 Å². The maximum atomic E-state index is 13.0. The van der Waals surface area contributed by atoms with Crippen LogP contribution in [0.3, 0.4) is 0 Å². The number of carbonyl (C=O) groups is 1. The normalized spacial score (nSPS) is 18.2. The molecule has 1 fully saturated rings. The predicted octanol–water partition coefficient (Wildman–Crippen LogP) is 2.86. The van der Waals surface area contributed by atoms with Gasteiger partial charge in [0.15, 0.2) is 0 Å². The Balaban J connectivity index is 1.43. The average molecular weight is 341 g/mol. The summed E-state index contributed by atoms with van der Waals surface area (Å²) < 4.78 is 13.0. The van der Waals surface area contributed by atoms with Crippen molar-refractivity contribution in [1.29, 1.82) is 0 Å². The molecule has 0 aromatic heterocycles. The van der Waals surface area contributed by atoms with Crippen LogP contribution >= 0.6 is 0 Å². The van der Waals surface area contributed by atoms with Gasteiger partial charge in [0.05, 0.1) is 0 Å². The first-order chi connectivity index (χ1) is 12.1. The Morgan fingerprint density at radius 2 is 1.92 bits per heavy atom. The molecule has 132 valence electrons. The van der Waals surface area contributed by atoms with Crippen LogP contribution in [0.1, 0.15) is 24.4 Å². The summed E-state index contributed by atoms with van der Waals surface area (Å²) in [7, 11) is 0. The Hall–Kier alpha value is -2.40. The van der Waals surface area contributed by atoms with E-state index in [0.29, 0.717) is 18.9 Å². The quantitative estimate of drug-likeness (QED) is 0.849. The number of benzene rings is 2. The Morgan fingerprint density at radius 1 is 1.20 bits per heavy atom. The molecule has 25 heavy (non-hydrogen) atoms. The number of amides is 1. The van der Waals surface area contributed by atoms with E-state index in [1.165, 1.54) is 12.1 Å². The van der Waals surface area contributed by atoms with Crippen LogP contribution in [0.15, 0.2) is 54.6 Å². The van der Waals surface area contributed by atoms with Gasteiger partial charge in [-0.15, -0.1) is 0 Å². The molecule has 4 nitrogen and oxygen atoms in total. The minimum absolute atomic E-state index is 0.0171. The van der Waals surface area contributed by atoms with E-state index in [2.05, 4.69) is 10.2 Å². The van der Waals surface area contributed by atoms with Gasteiger partial charge in [0, 0.05) is 37.8 Å². The highest BCUT2D eigenvalue weighted by atomic mass is 19.1. The van der Waals surface area contributed by atoms with E-state index in [4.69, 9.17) is 5.73 Å². The standard InChI is InChI=1S/C20H24FN3O/c21-17-6-8-18(9-7-17)24-11-10-15(14-24)13-23-20(25)12-19(22)16-4-2-1-3-5-16/h1-9,15,19H,10-14,22H2,(H,23,25). The Labute approximate surface area is 147 Å². The number of nitrogens with zero attached hydrogens (tertiary/aromatic N) is 1. The molecule has 1 aliphatic rings. The molecule has 0 saturated carbocycles. The first-order valence-electron chi connectivity index (χ1n) is 8.69. The molecule has 2 aromatic carbocycles. The van der Waals surface area contributed by atoms with Crippen molar-refractivity contribution in [2.45, 2.75) is 18.9 Å². The summed E-state index contributed by atoms with van der Waals surface area (Å²) in [6.07, 6.45) is 1.31. The number of anilines is 1. The highest BCUT2D eigenvalue weighted by Crippen LogP contribution is 2.23. The molecule has 1 heterocycles. The summed E-state index contributed by atoms with van der Waals surface area (Å²) in [6.45, 7) is 2.45. The van der Waals surface area contributed by atoms with Gasteiger partial charge in [-0.2, -0.15) is 0 Å². The maximum Gasteiger partial charge on any atom is 0.221 e. The molecule has 2 unspecified atom stereocenters. The summed E-state index contributed by atoms with van der Waals surface area (Å²) >= 11 is 0. The minimum Gasteiger partial charge on any atom is -0.371 e. The van der Waals surface area contributed by atoms with Crippen molar-refractivity contribution < 1.29 is 9.18 Å². The second-order valence-electron chi connectivity index (χ2n) is 6.60. The number of hydrogen-bond acceptors (Lipinski definition) is 3. The van der Waals surface area contributed by atoms with E-state index >= 15 is 0 Å². The lowest BCUT2D eigenvalue weighted by molar-refractivity contribution is -0.121. The number of halogens is 1. The lowest BCUT2D eigenvalue weighted by Crippen LogP contribution is -2.32. The number of rotatable bonds is 6. The van der Waals surface area contributed by atoms with Gasteiger partial charge < -0.3 is 16.0 Å². The molecule has 0 bridgehead atoms. The zero-order chi connectivity index (χ0) is 17.6. The molecule has 5 heteroatoms. The minimum atomic E-state index is -0.277. The van der Waals surface area contributed by atoms with Crippen molar-refractivity contribution in [3.63, 3.8) is 0 Å². The number of hydrogen-bond donors (Lipinski definition) is 2. The zero-order valence-electron chi connectivity index (χ0n) is 14.2. The highest BCUT2D eigenvalue weighted by Gasteiger charge is 2.23. The van der Waals surface area contributed by atoms with Gasteiger partial charge in [-0.25, -0.2) is 4.39 Å².